The molecule has 7 heteroatoms. The van der Waals surface area contributed by atoms with Crippen LogP contribution in [0.15, 0.2) is 36.5 Å². The molecular formula is C18H22FN3O3. The third-order valence-electron chi connectivity index (χ3n) is 3.48. The van der Waals surface area contributed by atoms with Crippen molar-refractivity contribution in [2.75, 3.05) is 39.3 Å². The molecule has 6 nitrogen and oxygen atoms in total. The van der Waals surface area contributed by atoms with Crippen molar-refractivity contribution >= 4 is 11.6 Å². The molecule has 1 heterocycles. The third-order valence-corrected chi connectivity index (χ3v) is 3.48. The van der Waals surface area contributed by atoms with E-state index in [9.17, 15) is 9.18 Å². The highest BCUT2D eigenvalue weighted by Crippen LogP contribution is 2.18. The fraction of sp³-hybridized carbons (Fsp3) is 0.333. The molecule has 1 aromatic carbocycles. The second kappa shape index (κ2) is 8.98. The summed E-state index contributed by atoms with van der Waals surface area (Å²) in [7, 11) is 5.09. The predicted octanol–water partition coefficient (Wildman–Crippen LogP) is 2.24. The first-order chi connectivity index (χ1) is 12.0. The predicted molar refractivity (Wildman–Crippen MR) is 93.5 cm³/mol. The summed E-state index contributed by atoms with van der Waals surface area (Å²) in [5.41, 5.74) is 1.53. The maximum atomic E-state index is 13.9. The van der Waals surface area contributed by atoms with E-state index in [1.54, 1.807) is 50.5 Å². The SMILES string of the molecule is COCCOc1ccc(CNC(=O)c2ccc(N(C)C)c(F)c2)cn1. The molecule has 1 aromatic heterocycles. The number of benzene rings is 1. The Morgan fingerprint density at radius 3 is 2.64 bits per heavy atom. The van der Waals surface area contributed by atoms with E-state index in [0.717, 1.165) is 5.56 Å². The highest BCUT2D eigenvalue weighted by Gasteiger charge is 2.10. The average molecular weight is 347 g/mol. The van der Waals surface area contributed by atoms with E-state index in [1.165, 1.54) is 6.07 Å². The number of nitrogens with zero attached hydrogens (tertiary/aromatic N) is 2. The van der Waals surface area contributed by atoms with Gasteiger partial charge in [-0.15, -0.1) is 0 Å². The highest BCUT2D eigenvalue weighted by atomic mass is 19.1. The number of anilines is 1. The summed E-state index contributed by atoms with van der Waals surface area (Å²) in [6, 6.07) is 7.94. The Morgan fingerprint density at radius 1 is 1.24 bits per heavy atom. The first-order valence-electron chi connectivity index (χ1n) is 7.83. The fourth-order valence-corrected chi connectivity index (χ4v) is 2.13. The van der Waals surface area contributed by atoms with Crippen molar-refractivity contribution in [3.05, 3.63) is 53.5 Å². The number of carbonyl (C=O) groups excluding carboxylic acids is 1. The van der Waals surface area contributed by atoms with Crippen LogP contribution in [-0.4, -0.2) is 45.3 Å². The number of hydrogen-bond acceptors (Lipinski definition) is 5. The fourth-order valence-electron chi connectivity index (χ4n) is 2.13. The van der Waals surface area contributed by atoms with Crippen molar-refractivity contribution in [1.29, 1.82) is 0 Å². The molecule has 1 amide bonds. The van der Waals surface area contributed by atoms with Crippen molar-refractivity contribution in [3.8, 4) is 5.88 Å². The highest BCUT2D eigenvalue weighted by molar-refractivity contribution is 5.94. The maximum absolute atomic E-state index is 13.9. The molecule has 0 saturated heterocycles. The van der Waals surface area contributed by atoms with E-state index in [1.807, 2.05) is 6.07 Å². The summed E-state index contributed by atoms with van der Waals surface area (Å²) in [4.78, 5) is 17.9. The van der Waals surface area contributed by atoms with E-state index in [0.29, 0.717) is 31.3 Å². The monoisotopic (exact) mass is 347 g/mol. The van der Waals surface area contributed by atoms with Gasteiger partial charge in [-0.1, -0.05) is 6.07 Å². The van der Waals surface area contributed by atoms with Gasteiger partial charge in [0.1, 0.15) is 12.4 Å². The van der Waals surface area contributed by atoms with Crippen molar-refractivity contribution in [2.24, 2.45) is 0 Å². The van der Waals surface area contributed by atoms with Crippen LogP contribution >= 0.6 is 0 Å². The molecule has 0 aliphatic rings. The standard InChI is InChI=1S/C18H22FN3O3/c1-22(2)16-6-5-14(10-15(16)19)18(23)21-12-13-4-7-17(20-11-13)25-9-8-24-3/h4-7,10-11H,8-9,12H2,1-3H3,(H,21,23). The van der Waals surface area contributed by atoms with Gasteiger partial charge < -0.3 is 19.7 Å². The smallest absolute Gasteiger partial charge is 0.251 e. The molecule has 2 aromatic rings. The van der Waals surface area contributed by atoms with Crippen LogP contribution in [0.25, 0.3) is 0 Å². The van der Waals surface area contributed by atoms with E-state index in [2.05, 4.69) is 10.3 Å². The Bertz CT molecular complexity index is 705. The first kappa shape index (κ1) is 18.7. The summed E-state index contributed by atoms with van der Waals surface area (Å²) in [5, 5.41) is 2.74. The Morgan fingerprint density at radius 2 is 2.04 bits per heavy atom. The first-order valence-corrected chi connectivity index (χ1v) is 7.83. The minimum absolute atomic E-state index is 0.274. The lowest BCUT2D eigenvalue weighted by molar-refractivity contribution is 0.0950. The number of amides is 1. The van der Waals surface area contributed by atoms with Gasteiger partial charge in [0, 0.05) is 45.6 Å². The van der Waals surface area contributed by atoms with Crippen LogP contribution in [0.1, 0.15) is 15.9 Å². The molecule has 134 valence electrons. The minimum Gasteiger partial charge on any atom is -0.475 e. The summed E-state index contributed by atoms with van der Waals surface area (Å²) < 4.78 is 24.2. The lowest BCUT2D eigenvalue weighted by Gasteiger charge is -2.14. The number of aromatic nitrogens is 1. The van der Waals surface area contributed by atoms with E-state index in [4.69, 9.17) is 9.47 Å². The van der Waals surface area contributed by atoms with Crippen LogP contribution in [0.5, 0.6) is 5.88 Å². The number of methoxy groups -OCH3 is 1. The number of nitrogens with one attached hydrogen (secondary N) is 1. The van der Waals surface area contributed by atoms with Gasteiger partial charge in [0.05, 0.1) is 12.3 Å². The molecule has 0 fully saturated rings. The third kappa shape index (κ3) is 5.42. The van der Waals surface area contributed by atoms with Crippen molar-refractivity contribution in [2.45, 2.75) is 6.54 Å². The van der Waals surface area contributed by atoms with Crippen molar-refractivity contribution in [1.82, 2.24) is 10.3 Å². The number of hydrogen-bond donors (Lipinski definition) is 1. The van der Waals surface area contributed by atoms with Crippen LogP contribution in [-0.2, 0) is 11.3 Å². The zero-order valence-electron chi connectivity index (χ0n) is 14.6. The molecule has 2 rings (SSSR count). The van der Waals surface area contributed by atoms with Gasteiger partial charge in [-0.05, 0) is 23.8 Å². The van der Waals surface area contributed by atoms with Gasteiger partial charge in [0.15, 0.2) is 0 Å². The minimum atomic E-state index is -0.433. The normalized spacial score (nSPS) is 10.4. The number of ether oxygens (including phenoxy) is 2. The molecular weight excluding hydrogens is 325 g/mol. The van der Waals surface area contributed by atoms with Crippen LogP contribution in [0.3, 0.4) is 0 Å². The summed E-state index contributed by atoms with van der Waals surface area (Å²) in [5.74, 6) is -0.282. The van der Waals surface area contributed by atoms with Crippen LogP contribution in [0.4, 0.5) is 10.1 Å². The molecule has 0 spiro atoms. The Hall–Kier alpha value is -2.67. The Balaban J connectivity index is 1.90. The van der Waals surface area contributed by atoms with Gasteiger partial charge in [-0.3, -0.25) is 4.79 Å². The van der Waals surface area contributed by atoms with Gasteiger partial charge in [-0.2, -0.15) is 0 Å². The molecule has 0 aliphatic heterocycles. The molecule has 25 heavy (non-hydrogen) atoms. The van der Waals surface area contributed by atoms with Gasteiger partial charge in [0.2, 0.25) is 5.88 Å². The number of halogens is 1. The number of pyridine rings is 1. The molecule has 0 unspecified atom stereocenters. The summed E-state index contributed by atoms with van der Waals surface area (Å²) in [6.07, 6.45) is 1.62. The van der Waals surface area contributed by atoms with Gasteiger partial charge >= 0.3 is 0 Å². The number of rotatable bonds is 8. The van der Waals surface area contributed by atoms with Crippen LogP contribution < -0.4 is 15.0 Å². The Labute approximate surface area is 146 Å². The summed E-state index contributed by atoms with van der Waals surface area (Å²) in [6.45, 7) is 1.21. The average Bonchev–Trinajstić information content (AvgIpc) is 2.60. The van der Waals surface area contributed by atoms with E-state index >= 15 is 0 Å². The molecule has 1 N–H and O–H groups in total. The lowest BCUT2D eigenvalue weighted by atomic mass is 10.1. The zero-order chi connectivity index (χ0) is 18.2. The summed E-state index contributed by atoms with van der Waals surface area (Å²) >= 11 is 0. The maximum Gasteiger partial charge on any atom is 0.251 e. The van der Waals surface area contributed by atoms with Crippen LogP contribution in [0.2, 0.25) is 0 Å². The molecule has 0 saturated carbocycles. The molecule has 0 radical (unpaired) electrons. The van der Waals surface area contributed by atoms with Crippen LogP contribution in [0, 0.1) is 5.82 Å². The van der Waals surface area contributed by atoms with Crippen molar-refractivity contribution < 1.29 is 18.7 Å². The topological polar surface area (TPSA) is 63.7 Å². The largest absolute Gasteiger partial charge is 0.475 e. The second-order valence-electron chi connectivity index (χ2n) is 5.59. The van der Waals surface area contributed by atoms with Gasteiger partial charge in [0.25, 0.3) is 5.91 Å². The quantitative estimate of drug-likeness (QED) is 0.742. The zero-order valence-corrected chi connectivity index (χ0v) is 14.6. The second-order valence-corrected chi connectivity index (χ2v) is 5.59. The van der Waals surface area contributed by atoms with E-state index < -0.39 is 5.82 Å². The molecule has 0 atom stereocenters. The number of carbonyl (C=O) groups is 1. The Kier molecular flexibility index (Phi) is 6.71. The molecule has 0 aliphatic carbocycles. The van der Waals surface area contributed by atoms with Crippen molar-refractivity contribution in [3.63, 3.8) is 0 Å². The van der Waals surface area contributed by atoms with Gasteiger partial charge in [-0.25, -0.2) is 9.37 Å². The van der Waals surface area contributed by atoms with E-state index in [-0.39, 0.29) is 11.5 Å². The molecule has 0 bridgehead atoms. The lowest BCUT2D eigenvalue weighted by Crippen LogP contribution is -2.23.